The Kier molecular flexibility index (Phi) is 4.87. The number of hydrogen-bond donors (Lipinski definition) is 1. The van der Waals surface area contributed by atoms with Gasteiger partial charge in [0, 0.05) is 11.3 Å². The molecule has 1 N–H and O–H groups in total. The third-order valence-electron chi connectivity index (χ3n) is 4.49. The van der Waals surface area contributed by atoms with Crippen molar-refractivity contribution in [1.82, 2.24) is 10.2 Å². The summed E-state index contributed by atoms with van der Waals surface area (Å²) in [7, 11) is 0. The zero-order valence-electron chi connectivity index (χ0n) is 15.3. The van der Waals surface area contributed by atoms with Gasteiger partial charge in [-0.05, 0) is 60.0 Å². The predicted octanol–water partition coefficient (Wildman–Crippen LogP) is 5.24. The summed E-state index contributed by atoms with van der Waals surface area (Å²) in [4.78, 5) is 12.2. The molecule has 29 heavy (non-hydrogen) atoms. The van der Waals surface area contributed by atoms with E-state index in [2.05, 4.69) is 15.5 Å². The van der Waals surface area contributed by atoms with Crippen LogP contribution in [0, 0.1) is 18.6 Å². The molecule has 4 aromatic rings. The molecule has 0 unspecified atom stereocenters. The van der Waals surface area contributed by atoms with E-state index in [1.54, 1.807) is 12.1 Å². The van der Waals surface area contributed by atoms with E-state index in [0.717, 1.165) is 28.3 Å². The number of anilines is 1. The average Bonchev–Trinajstić information content (AvgIpc) is 3.26. The molecule has 0 radical (unpaired) electrons. The standard InChI is InChI=1S/C22H15F2N3O2/c1-13-5-6-15(22-27-25-12-29-22)11-18(13)14-7-9-16(10-8-14)26-21(28)17-3-2-4-19(23)20(17)24/h2-12H,1H3,(H,26,28). The molecule has 3 aromatic carbocycles. The van der Waals surface area contributed by atoms with Gasteiger partial charge in [0.25, 0.3) is 5.91 Å². The monoisotopic (exact) mass is 391 g/mol. The fourth-order valence-corrected chi connectivity index (χ4v) is 2.98. The summed E-state index contributed by atoms with van der Waals surface area (Å²) in [6, 6.07) is 16.3. The second-order valence-electron chi connectivity index (χ2n) is 6.41. The number of nitrogens with one attached hydrogen (secondary N) is 1. The Hall–Kier alpha value is -3.87. The van der Waals surface area contributed by atoms with Crippen molar-refractivity contribution in [2.24, 2.45) is 0 Å². The van der Waals surface area contributed by atoms with Crippen LogP contribution < -0.4 is 5.32 Å². The van der Waals surface area contributed by atoms with Crippen molar-refractivity contribution in [3.63, 3.8) is 0 Å². The van der Waals surface area contributed by atoms with E-state index in [1.165, 1.54) is 18.5 Å². The molecule has 1 amide bonds. The molecule has 0 spiro atoms. The van der Waals surface area contributed by atoms with Gasteiger partial charge in [0.05, 0.1) is 5.56 Å². The first-order chi connectivity index (χ1) is 14.0. The molecule has 144 valence electrons. The minimum absolute atomic E-state index is 0.350. The van der Waals surface area contributed by atoms with Crippen LogP contribution in [0.1, 0.15) is 15.9 Å². The van der Waals surface area contributed by atoms with E-state index in [9.17, 15) is 13.6 Å². The van der Waals surface area contributed by atoms with Crippen molar-refractivity contribution in [3.8, 4) is 22.6 Å². The molecule has 0 aliphatic rings. The lowest BCUT2D eigenvalue weighted by Crippen LogP contribution is -2.14. The van der Waals surface area contributed by atoms with Gasteiger partial charge in [0.2, 0.25) is 12.3 Å². The van der Waals surface area contributed by atoms with Crippen molar-refractivity contribution in [2.75, 3.05) is 5.32 Å². The van der Waals surface area contributed by atoms with Crippen LogP contribution in [0.3, 0.4) is 0 Å². The van der Waals surface area contributed by atoms with E-state index in [1.807, 2.05) is 37.3 Å². The van der Waals surface area contributed by atoms with Crippen molar-refractivity contribution >= 4 is 11.6 Å². The smallest absolute Gasteiger partial charge is 0.258 e. The normalized spacial score (nSPS) is 10.7. The predicted molar refractivity (Wildman–Crippen MR) is 104 cm³/mol. The lowest BCUT2D eigenvalue weighted by molar-refractivity contribution is 0.102. The highest BCUT2D eigenvalue weighted by atomic mass is 19.2. The Morgan fingerprint density at radius 2 is 1.76 bits per heavy atom. The Balaban J connectivity index is 1.58. The number of rotatable bonds is 4. The Labute approximate surface area is 165 Å². The minimum atomic E-state index is -1.17. The van der Waals surface area contributed by atoms with Gasteiger partial charge in [0.15, 0.2) is 11.6 Å². The van der Waals surface area contributed by atoms with Gasteiger partial charge >= 0.3 is 0 Å². The molecule has 1 heterocycles. The third kappa shape index (κ3) is 3.75. The molecule has 7 heteroatoms. The van der Waals surface area contributed by atoms with Crippen LogP contribution in [0.5, 0.6) is 0 Å². The molecular formula is C22H15F2N3O2. The summed E-state index contributed by atoms with van der Waals surface area (Å²) in [5, 5.41) is 10.2. The second-order valence-corrected chi connectivity index (χ2v) is 6.41. The van der Waals surface area contributed by atoms with Crippen LogP contribution in [0.15, 0.2) is 71.5 Å². The molecule has 4 rings (SSSR count). The second kappa shape index (κ2) is 7.63. The van der Waals surface area contributed by atoms with E-state index in [4.69, 9.17) is 4.42 Å². The van der Waals surface area contributed by atoms with Crippen LogP contribution in [0.2, 0.25) is 0 Å². The van der Waals surface area contributed by atoms with Gasteiger partial charge in [-0.25, -0.2) is 8.78 Å². The Bertz CT molecular complexity index is 1170. The number of nitrogens with zero attached hydrogens (tertiary/aromatic N) is 2. The highest BCUT2D eigenvalue weighted by molar-refractivity contribution is 6.04. The molecular weight excluding hydrogens is 376 g/mol. The zero-order valence-corrected chi connectivity index (χ0v) is 15.3. The maximum absolute atomic E-state index is 13.8. The van der Waals surface area contributed by atoms with E-state index in [-0.39, 0.29) is 5.56 Å². The van der Waals surface area contributed by atoms with Crippen LogP contribution in [-0.2, 0) is 0 Å². The molecule has 0 saturated carbocycles. The summed E-state index contributed by atoms with van der Waals surface area (Å²) >= 11 is 0. The number of carbonyl (C=O) groups excluding carboxylic acids is 1. The molecule has 0 fully saturated rings. The van der Waals surface area contributed by atoms with Gasteiger partial charge < -0.3 is 9.73 Å². The van der Waals surface area contributed by atoms with E-state index >= 15 is 0 Å². The quantitative estimate of drug-likeness (QED) is 0.516. The summed E-state index contributed by atoms with van der Waals surface area (Å²) in [6.07, 6.45) is 1.27. The Morgan fingerprint density at radius 3 is 2.48 bits per heavy atom. The summed E-state index contributed by atoms with van der Waals surface area (Å²) < 4.78 is 32.4. The van der Waals surface area contributed by atoms with Gasteiger partial charge in [-0.2, -0.15) is 0 Å². The largest absolute Gasteiger partial charge is 0.423 e. The molecule has 1 aromatic heterocycles. The zero-order chi connectivity index (χ0) is 20.4. The first kappa shape index (κ1) is 18.5. The highest BCUT2D eigenvalue weighted by Gasteiger charge is 2.15. The minimum Gasteiger partial charge on any atom is -0.423 e. The van der Waals surface area contributed by atoms with Crippen molar-refractivity contribution < 1.29 is 18.0 Å². The number of halogens is 2. The average molecular weight is 391 g/mol. The van der Waals surface area contributed by atoms with E-state index in [0.29, 0.717) is 11.6 Å². The fourth-order valence-electron chi connectivity index (χ4n) is 2.98. The number of benzene rings is 3. The van der Waals surface area contributed by atoms with Crippen LogP contribution in [-0.4, -0.2) is 16.1 Å². The lowest BCUT2D eigenvalue weighted by Gasteiger charge is -2.10. The molecule has 0 aliphatic heterocycles. The van der Waals surface area contributed by atoms with E-state index < -0.39 is 17.5 Å². The third-order valence-corrected chi connectivity index (χ3v) is 4.49. The first-order valence-electron chi connectivity index (χ1n) is 8.76. The van der Waals surface area contributed by atoms with Crippen LogP contribution >= 0.6 is 0 Å². The number of hydrogen-bond acceptors (Lipinski definition) is 4. The highest BCUT2D eigenvalue weighted by Crippen LogP contribution is 2.29. The van der Waals surface area contributed by atoms with Gasteiger partial charge in [-0.15, -0.1) is 10.2 Å². The molecule has 0 atom stereocenters. The lowest BCUT2D eigenvalue weighted by atomic mass is 9.98. The van der Waals surface area contributed by atoms with Crippen molar-refractivity contribution in [3.05, 3.63) is 89.8 Å². The summed E-state index contributed by atoms with van der Waals surface area (Å²) in [6.45, 7) is 1.98. The van der Waals surface area contributed by atoms with Crippen LogP contribution in [0.25, 0.3) is 22.6 Å². The van der Waals surface area contributed by atoms with Crippen molar-refractivity contribution in [1.29, 1.82) is 0 Å². The van der Waals surface area contributed by atoms with Gasteiger partial charge in [-0.3, -0.25) is 4.79 Å². The molecule has 5 nitrogen and oxygen atoms in total. The number of amides is 1. The molecule has 0 aliphatic carbocycles. The van der Waals surface area contributed by atoms with Gasteiger partial charge in [0.1, 0.15) is 0 Å². The molecule has 0 saturated heterocycles. The fraction of sp³-hybridized carbons (Fsp3) is 0.0455. The maximum Gasteiger partial charge on any atom is 0.258 e. The first-order valence-corrected chi connectivity index (χ1v) is 8.76. The number of aryl methyl sites for hydroxylation is 1. The van der Waals surface area contributed by atoms with Crippen molar-refractivity contribution in [2.45, 2.75) is 6.92 Å². The van der Waals surface area contributed by atoms with Crippen LogP contribution in [0.4, 0.5) is 14.5 Å². The summed E-state index contributed by atoms with van der Waals surface area (Å²) in [5.41, 5.74) is 3.84. The maximum atomic E-state index is 13.8. The molecule has 0 bridgehead atoms. The van der Waals surface area contributed by atoms with Gasteiger partial charge in [-0.1, -0.05) is 24.3 Å². The summed E-state index contributed by atoms with van der Waals surface area (Å²) in [5.74, 6) is -2.53. The number of aromatic nitrogens is 2. The topological polar surface area (TPSA) is 68.0 Å². The SMILES string of the molecule is Cc1ccc(-c2nnco2)cc1-c1ccc(NC(=O)c2cccc(F)c2F)cc1. The number of carbonyl (C=O) groups is 1. The Morgan fingerprint density at radius 1 is 1.00 bits per heavy atom.